The second-order valence-corrected chi connectivity index (χ2v) is 11.7. The second kappa shape index (κ2) is 18.9. The summed E-state index contributed by atoms with van der Waals surface area (Å²) in [6.07, 6.45) is 10.5. The quantitative estimate of drug-likeness (QED) is 0.0948. The molecule has 2 aliphatic heterocycles. The average Bonchev–Trinajstić information content (AvgIpc) is 2.85. The molecule has 226 valence electrons. The molecule has 43 heavy (non-hydrogen) atoms. The van der Waals surface area contributed by atoms with Crippen molar-refractivity contribution in [3.8, 4) is 11.5 Å². The molecule has 0 saturated carbocycles. The van der Waals surface area contributed by atoms with E-state index >= 15 is 0 Å². The van der Waals surface area contributed by atoms with E-state index in [0.29, 0.717) is 38.4 Å². The van der Waals surface area contributed by atoms with Crippen LogP contribution in [0.3, 0.4) is 0 Å². The number of esters is 1. The molecule has 3 rings (SSSR count). The fraction of sp³-hybridized carbons (Fsp3) is 0.480. The van der Waals surface area contributed by atoms with E-state index in [1.54, 1.807) is 24.0 Å². The van der Waals surface area contributed by atoms with Crippen LogP contribution in [0.25, 0.3) is 0 Å². The Kier molecular flexibility index (Phi) is 17.6. The molecule has 18 heteroatoms. The molecule has 2 unspecified atom stereocenters. The summed E-state index contributed by atoms with van der Waals surface area (Å²) in [4.78, 5) is 74.3. The summed E-state index contributed by atoms with van der Waals surface area (Å²) in [6, 6.07) is 1.73. The van der Waals surface area contributed by atoms with Crippen molar-refractivity contribution in [2.75, 3.05) is 19.7 Å². The van der Waals surface area contributed by atoms with Gasteiger partial charge in [-0.25, -0.2) is 4.79 Å². The first-order chi connectivity index (χ1) is 19.3. The van der Waals surface area contributed by atoms with Crippen LogP contribution < -0.4 is 77.9 Å². The molecule has 0 bridgehead atoms. The van der Waals surface area contributed by atoms with Gasteiger partial charge in [-0.1, -0.05) is 23.4 Å². The van der Waals surface area contributed by atoms with E-state index in [1.165, 1.54) is 0 Å². The van der Waals surface area contributed by atoms with E-state index in [4.69, 9.17) is 9.57 Å². The number of ether oxygens (including phenoxy) is 1. The zero-order valence-corrected chi connectivity index (χ0v) is 30.2. The van der Waals surface area contributed by atoms with E-state index in [9.17, 15) is 38.3 Å². The summed E-state index contributed by atoms with van der Waals surface area (Å²) >= 11 is 0. The van der Waals surface area contributed by atoms with Crippen molar-refractivity contribution in [1.82, 2.24) is 4.90 Å². The summed E-state index contributed by atoms with van der Waals surface area (Å²) in [5.74, 6) is -2.73. The van der Waals surface area contributed by atoms with Gasteiger partial charge in [-0.05, 0) is 56.7 Å². The van der Waals surface area contributed by atoms with Gasteiger partial charge in [0.2, 0.25) is 0 Å². The SMILES string of the molecule is C[C@@H]1C/C=C/CC/C=C/C(=N/OCC(=O)N2CCCCC2)Cc2cc(OP(=O)([O-])O)cc(OP(=O)([O-])O)c2C(=O)O1.[Na+].[Na+]. The molecule has 1 aromatic rings. The number of rotatable bonds is 7. The van der Waals surface area contributed by atoms with E-state index < -0.39 is 44.8 Å². The number of cyclic esters (lactones) is 1. The molecule has 0 radical (unpaired) electrons. The van der Waals surface area contributed by atoms with E-state index in [-0.39, 0.29) is 89.3 Å². The third-order valence-corrected chi connectivity index (χ3v) is 6.87. The van der Waals surface area contributed by atoms with Crippen LogP contribution in [0, 0.1) is 0 Å². The molecule has 1 aromatic carbocycles. The van der Waals surface area contributed by atoms with Gasteiger partial charge in [0.1, 0.15) is 23.2 Å². The molecule has 1 saturated heterocycles. The molecule has 1 amide bonds. The first kappa shape index (κ1) is 40.0. The molecular weight excluding hydrogens is 628 g/mol. The second-order valence-electron chi connectivity index (χ2n) is 9.45. The van der Waals surface area contributed by atoms with Crippen LogP contribution in [-0.4, -0.2) is 58.1 Å². The fourth-order valence-corrected chi connectivity index (χ4v) is 4.99. The molecule has 0 spiro atoms. The van der Waals surface area contributed by atoms with Gasteiger partial charge in [-0.3, -0.25) is 13.9 Å². The van der Waals surface area contributed by atoms with Gasteiger partial charge in [-0.2, -0.15) is 0 Å². The molecular formula is C25H32N2Na2O12P2. The molecule has 1 fully saturated rings. The standard InChI is InChI=1S/C25H34N2O12P2.2Na/c1-18-10-6-3-2-4-7-11-20(26-36-17-23(28)27-12-8-5-9-13-27)14-19-15-21(38-40(30,31)32)16-22(39-41(33,34)35)24(19)25(29)37-18;;/h3,6-7,11,15-16,18H,2,4-5,8-10,12-14,17H2,1H3,(H2,30,31,32)(H2,33,34,35);;/q;2*+1/p-2/b6-3+,11-7+,26-20-;;/t18-;;/m1../s1. The molecule has 2 aliphatic rings. The van der Waals surface area contributed by atoms with E-state index in [2.05, 4.69) is 14.2 Å². The van der Waals surface area contributed by atoms with Gasteiger partial charge in [0.25, 0.3) is 5.91 Å². The summed E-state index contributed by atoms with van der Waals surface area (Å²) in [7, 11) is -10.9. The number of piperidine rings is 1. The molecule has 0 aromatic heterocycles. The number of carbonyl (C=O) groups excluding carboxylic acids is 2. The van der Waals surface area contributed by atoms with Crippen molar-refractivity contribution in [2.24, 2.45) is 5.16 Å². The Morgan fingerprint density at radius 2 is 1.70 bits per heavy atom. The maximum atomic E-state index is 13.2. The van der Waals surface area contributed by atoms with Crippen LogP contribution >= 0.6 is 15.6 Å². The molecule has 2 heterocycles. The van der Waals surface area contributed by atoms with Crippen LogP contribution in [0.2, 0.25) is 0 Å². The van der Waals surface area contributed by atoms with Crippen LogP contribution in [0.15, 0.2) is 41.6 Å². The summed E-state index contributed by atoms with van der Waals surface area (Å²) in [5, 5.41) is 4.03. The third kappa shape index (κ3) is 14.8. The Hall–Kier alpha value is -0.990. The maximum Gasteiger partial charge on any atom is 1.00 e. The maximum absolute atomic E-state index is 13.2. The minimum absolute atomic E-state index is 0. The number of benzene rings is 1. The van der Waals surface area contributed by atoms with Crippen LogP contribution in [0.4, 0.5) is 0 Å². The van der Waals surface area contributed by atoms with Gasteiger partial charge in [-0.15, -0.1) is 0 Å². The Morgan fingerprint density at radius 1 is 1.05 bits per heavy atom. The minimum atomic E-state index is -5.52. The summed E-state index contributed by atoms with van der Waals surface area (Å²) in [5.41, 5.74) is -0.413. The Morgan fingerprint density at radius 3 is 2.35 bits per heavy atom. The number of oxime groups is 1. The van der Waals surface area contributed by atoms with Gasteiger partial charge in [0.15, 0.2) is 6.61 Å². The Balaban J connectivity index is 0.00000462. The number of allylic oxidation sites excluding steroid dienone is 3. The molecule has 0 aliphatic carbocycles. The van der Waals surface area contributed by atoms with Gasteiger partial charge >= 0.3 is 80.7 Å². The topological polar surface area (TPSA) is 207 Å². The van der Waals surface area contributed by atoms with Crippen LogP contribution in [0.1, 0.15) is 61.4 Å². The number of hydrogen-bond donors (Lipinski definition) is 2. The third-order valence-electron chi connectivity index (χ3n) is 6.00. The number of likely N-dealkylation sites (tertiary alicyclic amines) is 1. The number of nitrogens with zero attached hydrogens (tertiary/aromatic N) is 2. The van der Waals surface area contributed by atoms with E-state index in [1.807, 2.05) is 12.2 Å². The van der Waals surface area contributed by atoms with E-state index in [0.717, 1.165) is 25.3 Å². The van der Waals surface area contributed by atoms with Crippen LogP contribution in [-0.2, 0) is 29.9 Å². The first-order valence-electron chi connectivity index (χ1n) is 12.9. The van der Waals surface area contributed by atoms with Crippen molar-refractivity contribution in [1.29, 1.82) is 0 Å². The number of fused-ring (bicyclic) bond motifs is 1. The van der Waals surface area contributed by atoms with Crippen molar-refractivity contribution in [2.45, 2.75) is 58.0 Å². The minimum Gasteiger partial charge on any atom is -0.746 e. The summed E-state index contributed by atoms with van der Waals surface area (Å²) < 4.78 is 37.6. The number of hydrogen-bond acceptors (Lipinski definition) is 11. The smallest absolute Gasteiger partial charge is 0.746 e. The molecule has 2 N–H and O–H groups in total. The predicted molar refractivity (Wildman–Crippen MR) is 142 cm³/mol. The Bertz CT molecular complexity index is 1290. The zero-order valence-electron chi connectivity index (χ0n) is 24.4. The predicted octanol–water partition coefficient (Wildman–Crippen LogP) is -3.86. The van der Waals surface area contributed by atoms with Crippen molar-refractivity contribution in [3.05, 3.63) is 47.6 Å². The normalized spacial score (nSPS) is 22.9. The monoisotopic (exact) mass is 660 g/mol. The first-order valence-corrected chi connectivity index (χ1v) is 15.9. The number of phosphoric acid groups is 2. The molecule has 3 atom stereocenters. The average molecular weight is 660 g/mol. The van der Waals surface area contributed by atoms with Gasteiger partial charge in [0, 0.05) is 32.0 Å². The van der Waals surface area contributed by atoms with Gasteiger partial charge in [0.05, 0.1) is 5.71 Å². The van der Waals surface area contributed by atoms with Gasteiger partial charge < -0.3 is 43.1 Å². The summed E-state index contributed by atoms with van der Waals surface area (Å²) in [6.45, 7) is 2.50. The number of carbonyl (C=O) groups is 2. The largest absolute Gasteiger partial charge is 1.00 e. The van der Waals surface area contributed by atoms with Crippen LogP contribution in [0.5, 0.6) is 11.5 Å². The Labute approximate surface area is 293 Å². The molecule has 14 nitrogen and oxygen atoms in total. The van der Waals surface area contributed by atoms with Crippen molar-refractivity contribution >= 4 is 33.2 Å². The number of amides is 1. The van der Waals surface area contributed by atoms with Crippen molar-refractivity contribution < 1.29 is 116 Å². The fourth-order valence-electron chi connectivity index (χ4n) is 4.23. The van der Waals surface area contributed by atoms with Crippen molar-refractivity contribution in [3.63, 3.8) is 0 Å². The zero-order chi connectivity index (χ0) is 30.0. The number of phosphoric ester groups is 2.